The highest BCUT2D eigenvalue weighted by atomic mass is 35.5. The summed E-state index contributed by atoms with van der Waals surface area (Å²) in [6.45, 7) is 3.01. The summed E-state index contributed by atoms with van der Waals surface area (Å²) in [6, 6.07) is 5.89. The molecule has 0 radical (unpaired) electrons. The molecule has 1 atom stereocenters. The molecule has 1 unspecified atom stereocenters. The molecule has 2 aliphatic heterocycles. The second kappa shape index (κ2) is 6.21. The van der Waals surface area contributed by atoms with Gasteiger partial charge in [-0.3, -0.25) is 4.79 Å². The number of rotatable bonds is 3. The third kappa shape index (κ3) is 3.00. The molecule has 126 valence electrons. The summed E-state index contributed by atoms with van der Waals surface area (Å²) in [4.78, 5) is 14.5. The third-order valence-corrected chi connectivity index (χ3v) is 5.32. The van der Waals surface area contributed by atoms with Crippen molar-refractivity contribution in [3.63, 3.8) is 0 Å². The van der Waals surface area contributed by atoms with E-state index >= 15 is 0 Å². The first-order chi connectivity index (χ1) is 10.7. The van der Waals surface area contributed by atoms with Gasteiger partial charge in [0.15, 0.2) is 11.5 Å². The van der Waals surface area contributed by atoms with Gasteiger partial charge in [0.25, 0.3) is 0 Å². The highest BCUT2D eigenvalue weighted by Crippen LogP contribution is 2.59. The molecule has 1 saturated heterocycles. The summed E-state index contributed by atoms with van der Waals surface area (Å²) in [5, 5.41) is 3.38. The molecule has 3 aliphatic rings. The Kier molecular flexibility index (Phi) is 4.43. The first-order valence-electron chi connectivity index (χ1n) is 8.02. The van der Waals surface area contributed by atoms with Crippen molar-refractivity contribution in [2.75, 3.05) is 26.9 Å². The highest BCUT2D eigenvalue weighted by Gasteiger charge is 2.58. The molecule has 1 aliphatic carbocycles. The van der Waals surface area contributed by atoms with Gasteiger partial charge in [-0.1, -0.05) is 6.07 Å². The number of nitrogens with zero attached hydrogens (tertiary/aromatic N) is 1. The second-order valence-corrected chi connectivity index (χ2v) is 6.75. The van der Waals surface area contributed by atoms with Gasteiger partial charge in [-0.05, 0) is 55.5 Å². The van der Waals surface area contributed by atoms with Gasteiger partial charge >= 0.3 is 0 Å². The van der Waals surface area contributed by atoms with Crippen LogP contribution in [0, 0.1) is 11.3 Å². The van der Waals surface area contributed by atoms with E-state index in [1.807, 2.05) is 30.1 Å². The SMILES string of the molecule is CN(Cc1ccc2c(c1)OCO2)C(=O)C1CC12CCNCC2.Cl. The fourth-order valence-corrected chi connectivity index (χ4v) is 3.83. The Morgan fingerprint density at radius 1 is 1.30 bits per heavy atom. The average molecular weight is 339 g/mol. The zero-order valence-corrected chi connectivity index (χ0v) is 14.2. The van der Waals surface area contributed by atoms with Crippen molar-refractivity contribution >= 4 is 18.3 Å². The van der Waals surface area contributed by atoms with Gasteiger partial charge in [-0.25, -0.2) is 0 Å². The molecule has 1 aromatic rings. The molecule has 4 rings (SSSR count). The zero-order chi connectivity index (χ0) is 15.2. The number of carbonyl (C=O) groups excluding carboxylic acids is 1. The number of benzene rings is 1. The number of fused-ring (bicyclic) bond motifs is 1. The number of piperidine rings is 1. The standard InChI is InChI=1S/C17H22N2O3.ClH/c1-19(10-12-2-3-14-15(8-12)22-11-21-14)16(20)13-9-17(13)4-6-18-7-5-17;/h2-3,8,13,18H,4-7,9-11H2,1H3;1H. The van der Waals surface area contributed by atoms with E-state index in [0.717, 1.165) is 49.4 Å². The average Bonchev–Trinajstić information content (AvgIpc) is 3.01. The monoisotopic (exact) mass is 338 g/mol. The summed E-state index contributed by atoms with van der Waals surface area (Å²) < 4.78 is 10.7. The van der Waals surface area contributed by atoms with E-state index in [1.54, 1.807) is 0 Å². The van der Waals surface area contributed by atoms with Gasteiger partial charge in [-0.15, -0.1) is 12.4 Å². The largest absolute Gasteiger partial charge is 0.454 e. The second-order valence-electron chi connectivity index (χ2n) is 6.75. The lowest BCUT2D eigenvalue weighted by Gasteiger charge is -2.25. The van der Waals surface area contributed by atoms with Crippen LogP contribution in [0.3, 0.4) is 0 Å². The topological polar surface area (TPSA) is 50.8 Å². The van der Waals surface area contributed by atoms with Crippen molar-refractivity contribution in [3.05, 3.63) is 23.8 Å². The van der Waals surface area contributed by atoms with Crippen LogP contribution in [-0.2, 0) is 11.3 Å². The summed E-state index contributed by atoms with van der Waals surface area (Å²) in [7, 11) is 1.90. The Morgan fingerprint density at radius 3 is 2.83 bits per heavy atom. The van der Waals surface area contributed by atoms with Crippen molar-refractivity contribution in [2.24, 2.45) is 11.3 Å². The van der Waals surface area contributed by atoms with E-state index in [-0.39, 0.29) is 25.1 Å². The van der Waals surface area contributed by atoms with E-state index in [9.17, 15) is 4.79 Å². The number of carbonyl (C=O) groups is 1. The highest BCUT2D eigenvalue weighted by molar-refractivity contribution is 5.85. The van der Waals surface area contributed by atoms with E-state index < -0.39 is 0 Å². The molecule has 2 heterocycles. The van der Waals surface area contributed by atoms with Crippen molar-refractivity contribution in [1.82, 2.24) is 10.2 Å². The van der Waals surface area contributed by atoms with E-state index in [0.29, 0.717) is 17.9 Å². The van der Waals surface area contributed by atoms with Crippen LogP contribution in [0.4, 0.5) is 0 Å². The van der Waals surface area contributed by atoms with Crippen molar-refractivity contribution < 1.29 is 14.3 Å². The van der Waals surface area contributed by atoms with Gasteiger partial charge < -0.3 is 19.7 Å². The Labute approximate surface area is 142 Å². The fraction of sp³-hybridized carbons (Fsp3) is 0.588. The molecule has 1 spiro atoms. The predicted molar refractivity (Wildman–Crippen MR) is 88.9 cm³/mol. The number of hydrogen-bond donors (Lipinski definition) is 1. The lowest BCUT2D eigenvalue weighted by Crippen LogP contribution is -2.34. The summed E-state index contributed by atoms with van der Waals surface area (Å²) in [6.07, 6.45) is 3.35. The van der Waals surface area contributed by atoms with Crippen LogP contribution in [0.5, 0.6) is 11.5 Å². The van der Waals surface area contributed by atoms with Crippen LogP contribution in [0.15, 0.2) is 18.2 Å². The first kappa shape index (κ1) is 16.4. The molecule has 0 aromatic heterocycles. The third-order valence-electron chi connectivity index (χ3n) is 5.32. The van der Waals surface area contributed by atoms with Crippen molar-refractivity contribution in [3.8, 4) is 11.5 Å². The molecule has 6 heteroatoms. The smallest absolute Gasteiger partial charge is 0.231 e. The van der Waals surface area contributed by atoms with Gasteiger partial charge in [0, 0.05) is 19.5 Å². The van der Waals surface area contributed by atoms with Crippen molar-refractivity contribution in [2.45, 2.75) is 25.8 Å². The number of amides is 1. The number of ether oxygens (including phenoxy) is 2. The molecular formula is C17H23ClN2O3. The number of hydrogen-bond acceptors (Lipinski definition) is 4. The summed E-state index contributed by atoms with van der Waals surface area (Å²) >= 11 is 0. The molecule has 1 saturated carbocycles. The Bertz CT molecular complexity index is 602. The maximum Gasteiger partial charge on any atom is 0.231 e. The lowest BCUT2D eigenvalue weighted by molar-refractivity contribution is -0.132. The minimum absolute atomic E-state index is 0. The van der Waals surface area contributed by atoms with E-state index in [4.69, 9.17) is 9.47 Å². The predicted octanol–water partition coefficient (Wildman–Crippen LogP) is 2.19. The molecular weight excluding hydrogens is 316 g/mol. The summed E-state index contributed by atoms with van der Waals surface area (Å²) in [5.41, 5.74) is 1.38. The van der Waals surface area contributed by atoms with E-state index in [2.05, 4.69) is 5.32 Å². The minimum Gasteiger partial charge on any atom is -0.454 e. The molecule has 1 amide bonds. The molecule has 1 aromatic carbocycles. The molecule has 2 fully saturated rings. The number of halogens is 1. The van der Waals surface area contributed by atoms with Gasteiger partial charge in [0.05, 0.1) is 0 Å². The first-order valence-corrected chi connectivity index (χ1v) is 8.02. The number of nitrogens with one attached hydrogen (secondary N) is 1. The normalized spacial score (nSPS) is 23.3. The molecule has 0 bridgehead atoms. The van der Waals surface area contributed by atoms with E-state index in [1.165, 1.54) is 0 Å². The zero-order valence-electron chi connectivity index (χ0n) is 13.3. The van der Waals surface area contributed by atoms with Crippen LogP contribution in [0.1, 0.15) is 24.8 Å². The van der Waals surface area contributed by atoms with Gasteiger partial charge in [0.2, 0.25) is 12.7 Å². The maximum atomic E-state index is 12.7. The Hall–Kier alpha value is -1.46. The lowest BCUT2D eigenvalue weighted by atomic mass is 9.91. The maximum absolute atomic E-state index is 12.7. The van der Waals surface area contributed by atoms with Crippen LogP contribution in [0.2, 0.25) is 0 Å². The Balaban J connectivity index is 0.00000156. The fourth-order valence-electron chi connectivity index (χ4n) is 3.83. The van der Waals surface area contributed by atoms with Crippen LogP contribution in [-0.4, -0.2) is 37.7 Å². The molecule has 1 N–H and O–H groups in total. The Morgan fingerprint density at radius 2 is 2.04 bits per heavy atom. The van der Waals surface area contributed by atoms with Gasteiger partial charge in [0.1, 0.15) is 0 Å². The van der Waals surface area contributed by atoms with Gasteiger partial charge in [-0.2, -0.15) is 0 Å². The van der Waals surface area contributed by atoms with Crippen LogP contribution < -0.4 is 14.8 Å². The molecule has 5 nitrogen and oxygen atoms in total. The van der Waals surface area contributed by atoms with Crippen molar-refractivity contribution in [1.29, 1.82) is 0 Å². The quantitative estimate of drug-likeness (QED) is 0.918. The summed E-state index contributed by atoms with van der Waals surface area (Å²) in [5.74, 6) is 2.08. The molecule has 23 heavy (non-hydrogen) atoms. The minimum atomic E-state index is 0. The van der Waals surface area contributed by atoms with Crippen LogP contribution in [0.25, 0.3) is 0 Å². The van der Waals surface area contributed by atoms with Crippen LogP contribution >= 0.6 is 12.4 Å².